The molecule has 8 nitrogen and oxygen atoms in total. The number of ether oxygens (including phenoxy) is 3. The lowest BCUT2D eigenvalue weighted by atomic mass is 10.1. The number of benzene rings is 2. The zero-order valence-electron chi connectivity index (χ0n) is 19.0. The van der Waals surface area contributed by atoms with Gasteiger partial charge in [0, 0.05) is 12.0 Å². The molecule has 0 fully saturated rings. The molecule has 176 valence electrons. The van der Waals surface area contributed by atoms with Crippen molar-refractivity contribution in [2.45, 2.75) is 51.9 Å². The van der Waals surface area contributed by atoms with Gasteiger partial charge in [-0.3, -0.25) is 9.59 Å². The Bertz CT molecular complexity index is 936. The summed E-state index contributed by atoms with van der Waals surface area (Å²) in [4.78, 5) is 49.1. The largest absolute Gasteiger partial charge is 0.461 e. The van der Waals surface area contributed by atoms with Crippen molar-refractivity contribution in [1.29, 1.82) is 0 Å². The predicted octanol–water partition coefficient (Wildman–Crippen LogP) is 3.83. The Morgan fingerprint density at radius 1 is 0.879 bits per heavy atom. The van der Waals surface area contributed by atoms with Crippen LogP contribution in [0.5, 0.6) is 0 Å². The molecule has 0 radical (unpaired) electrons. The number of hydrogen-bond donors (Lipinski definition) is 1. The van der Waals surface area contributed by atoms with Crippen LogP contribution >= 0.6 is 0 Å². The molecule has 2 aromatic carbocycles. The topological polar surface area (TPSA) is 108 Å². The Morgan fingerprint density at radius 2 is 1.48 bits per heavy atom. The van der Waals surface area contributed by atoms with Crippen molar-refractivity contribution < 1.29 is 33.4 Å². The van der Waals surface area contributed by atoms with Gasteiger partial charge in [-0.05, 0) is 32.8 Å². The highest BCUT2D eigenvalue weighted by Crippen LogP contribution is 2.10. The number of carbonyl (C=O) groups excluding carboxylic acids is 4. The minimum absolute atomic E-state index is 0.0781. The molecule has 2 rings (SSSR count). The van der Waals surface area contributed by atoms with Gasteiger partial charge in [0.2, 0.25) is 0 Å². The second-order valence-electron chi connectivity index (χ2n) is 8.28. The van der Waals surface area contributed by atoms with Crippen LogP contribution in [0.3, 0.4) is 0 Å². The van der Waals surface area contributed by atoms with Gasteiger partial charge in [-0.15, -0.1) is 0 Å². The highest BCUT2D eigenvalue weighted by Gasteiger charge is 2.27. The van der Waals surface area contributed by atoms with Crippen molar-refractivity contribution in [3.8, 4) is 0 Å². The summed E-state index contributed by atoms with van der Waals surface area (Å²) in [5.41, 5.74) is 0.440. The third-order valence-electron chi connectivity index (χ3n) is 4.30. The van der Waals surface area contributed by atoms with E-state index in [-0.39, 0.29) is 25.2 Å². The maximum absolute atomic E-state index is 12.6. The van der Waals surface area contributed by atoms with Gasteiger partial charge in [0.15, 0.2) is 12.4 Å². The predicted molar refractivity (Wildman–Crippen MR) is 120 cm³/mol. The minimum Gasteiger partial charge on any atom is -0.461 e. The van der Waals surface area contributed by atoms with Crippen LogP contribution < -0.4 is 5.32 Å². The lowest BCUT2D eigenvalue weighted by molar-refractivity contribution is -0.147. The van der Waals surface area contributed by atoms with Crippen LogP contribution in [-0.2, 0) is 30.4 Å². The van der Waals surface area contributed by atoms with Gasteiger partial charge < -0.3 is 19.5 Å². The SMILES string of the molecule is CC(C)(C)OC(=O)N[C@@H](CCC(=O)OCc1ccccc1)C(=O)OCC(=O)c1ccccc1. The fourth-order valence-corrected chi connectivity index (χ4v) is 2.72. The van der Waals surface area contributed by atoms with Crippen LogP contribution in [0.25, 0.3) is 0 Å². The van der Waals surface area contributed by atoms with Crippen molar-refractivity contribution >= 4 is 23.8 Å². The smallest absolute Gasteiger partial charge is 0.408 e. The molecule has 8 heteroatoms. The first-order valence-electron chi connectivity index (χ1n) is 10.6. The molecule has 0 saturated carbocycles. The fraction of sp³-hybridized carbons (Fsp3) is 0.360. The molecule has 2 aromatic rings. The summed E-state index contributed by atoms with van der Waals surface area (Å²) in [6.07, 6.45) is -1.06. The van der Waals surface area contributed by atoms with Crippen LogP contribution in [0.2, 0.25) is 0 Å². The number of amides is 1. The maximum atomic E-state index is 12.6. The molecule has 0 aliphatic carbocycles. The molecule has 33 heavy (non-hydrogen) atoms. The fourth-order valence-electron chi connectivity index (χ4n) is 2.72. The average Bonchev–Trinajstić information content (AvgIpc) is 2.78. The first kappa shape index (κ1) is 25.6. The van der Waals surface area contributed by atoms with Gasteiger partial charge in [-0.2, -0.15) is 0 Å². The van der Waals surface area contributed by atoms with E-state index in [9.17, 15) is 19.2 Å². The zero-order chi connectivity index (χ0) is 24.3. The molecule has 0 saturated heterocycles. The lowest BCUT2D eigenvalue weighted by Gasteiger charge is -2.22. The summed E-state index contributed by atoms with van der Waals surface area (Å²) in [6, 6.07) is 16.3. The highest BCUT2D eigenvalue weighted by atomic mass is 16.6. The Balaban J connectivity index is 1.93. The monoisotopic (exact) mass is 455 g/mol. The Morgan fingerprint density at radius 3 is 2.09 bits per heavy atom. The first-order chi connectivity index (χ1) is 15.6. The maximum Gasteiger partial charge on any atom is 0.408 e. The van der Waals surface area contributed by atoms with Crippen LogP contribution in [0.1, 0.15) is 49.5 Å². The van der Waals surface area contributed by atoms with Gasteiger partial charge in [-0.25, -0.2) is 9.59 Å². The molecule has 1 N–H and O–H groups in total. The van der Waals surface area contributed by atoms with Crippen LogP contribution in [-0.4, -0.2) is 42.1 Å². The quantitative estimate of drug-likeness (QED) is 0.329. The van der Waals surface area contributed by atoms with Crippen molar-refractivity contribution in [2.24, 2.45) is 0 Å². The summed E-state index contributed by atoms with van der Waals surface area (Å²) in [6.45, 7) is 4.64. The van der Waals surface area contributed by atoms with E-state index in [1.54, 1.807) is 51.1 Å². The first-order valence-corrected chi connectivity index (χ1v) is 10.6. The lowest BCUT2D eigenvalue weighted by Crippen LogP contribution is -2.44. The molecule has 0 heterocycles. The summed E-state index contributed by atoms with van der Waals surface area (Å²) < 4.78 is 15.5. The van der Waals surface area contributed by atoms with Gasteiger partial charge in [0.05, 0.1) is 0 Å². The van der Waals surface area contributed by atoms with Crippen molar-refractivity contribution in [1.82, 2.24) is 5.32 Å². The highest BCUT2D eigenvalue weighted by molar-refractivity contribution is 5.98. The summed E-state index contributed by atoms with van der Waals surface area (Å²) in [5.74, 6) is -1.77. The Hall–Kier alpha value is -3.68. The number of Topliss-reactive ketones (excluding diaryl/α,β-unsaturated/α-hetero) is 1. The third kappa shape index (κ3) is 9.99. The van der Waals surface area contributed by atoms with Crippen molar-refractivity contribution in [3.05, 3.63) is 71.8 Å². The number of alkyl carbamates (subject to hydrolysis) is 1. The van der Waals surface area contributed by atoms with E-state index in [0.717, 1.165) is 5.56 Å². The molecule has 0 spiro atoms. The summed E-state index contributed by atoms with van der Waals surface area (Å²) in [5, 5.41) is 2.41. The number of ketones is 1. The summed E-state index contributed by atoms with van der Waals surface area (Å²) >= 11 is 0. The van der Waals surface area contributed by atoms with E-state index < -0.39 is 36.3 Å². The number of esters is 2. The Labute approximate surface area is 193 Å². The van der Waals surface area contributed by atoms with Gasteiger partial charge in [-0.1, -0.05) is 60.7 Å². The molecule has 1 atom stereocenters. The molecule has 0 aliphatic heterocycles. The van der Waals surface area contributed by atoms with E-state index in [0.29, 0.717) is 5.56 Å². The minimum atomic E-state index is -1.19. The van der Waals surface area contributed by atoms with Gasteiger partial charge >= 0.3 is 18.0 Å². The molecular formula is C25H29NO7. The van der Waals surface area contributed by atoms with Crippen molar-refractivity contribution in [2.75, 3.05) is 6.61 Å². The van der Waals surface area contributed by atoms with E-state index >= 15 is 0 Å². The molecule has 1 amide bonds. The van der Waals surface area contributed by atoms with E-state index in [4.69, 9.17) is 14.2 Å². The normalized spacial score (nSPS) is 11.7. The Kier molecular flexibility index (Phi) is 9.60. The second-order valence-corrected chi connectivity index (χ2v) is 8.28. The molecule has 0 aromatic heterocycles. The number of nitrogens with one attached hydrogen (secondary N) is 1. The van der Waals surface area contributed by atoms with E-state index in [1.807, 2.05) is 30.3 Å². The van der Waals surface area contributed by atoms with Gasteiger partial charge in [0.25, 0.3) is 0 Å². The van der Waals surface area contributed by atoms with Crippen LogP contribution in [0, 0.1) is 0 Å². The number of carbonyl (C=O) groups is 4. The third-order valence-corrected chi connectivity index (χ3v) is 4.30. The summed E-state index contributed by atoms with van der Waals surface area (Å²) in [7, 11) is 0. The number of rotatable bonds is 10. The molecule has 0 unspecified atom stereocenters. The number of hydrogen-bond acceptors (Lipinski definition) is 7. The molecule has 0 aliphatic rings. The molecular weight excluding hydrogens is 426 g/mol. The average molecular weight is 456 g/mol. The van der Waals surface area contributed by atoms with Crippen LogP contribution in [0.15, 0.2) is 60.7 Å². The molecule has 0 bridgehead atoms. The zero-order valence-corrected chi connectivity index (χ0v) is 19.0. The van der Waals surface area contributed by atoms with E-state index in [1.165, 1.54) is 0 Å². The van der Waals surface area contributed by atoms with Crippen molar-refractivity contribution in [3.63, 3.8) is 0 Å². The van der Waals surface area contributed by atoms with Crippen LogP contribution in [0.4, 0.5) is 4.79 Å². The second kappa shape index (κ2) is 12.4. The van der Waals surface area contributed by atoms with Gasteiger partial charge in [0.1, 0.15) is 18.2 Å². The standard InChI is InChI=1S/C25H29NO7/c1-25(2,3)33-24(30)26-20(14-15-22(28)31-16-18-10-6-4-7-11-18)23(29)32-17-21(27)19-12-8-5-9-13-19/h4-13,20H,14-17H2,1-3H3,(H,26,30)/t20-/m0/s1. The van der Waals surface area contributed by atoms with E-state index in [2.05, 4.69) is 5.32 Å².